The number of hydrogen-bond donors (Lipinski definition) is 1. The Kier molecular flexibility index (Phi) is 7.97. The summed E-state index contributed by atoms with van der Waals surface area (Å²) < 4.78 is 24.0. The van der Waals surface area contributed by atoms with Crippen molar-refractivity contribution in [3.05, 3.63) is 81.8 Å². The fourth-order valence-electron chi connectivity index (χ4n) is 5.20. The molecule has 0 unspecified atom stereocenters. The van der Waals surface area contributed by atoms with Gasteiger partial charge in [-0.2, -0.15) is 0 Å². The van der Waals surface area contributed by atoms with Gasteiger partial charge in [0.15, 0.2) is 23.0 Å². The van der Waals surface area contributed by atoms with E-state index in [1.807, 2.05) is 18.2 Å². The molecule has 0 bridgehead atoms. The van der Waals surface area contributed by atoms with Crippen LogP contribution in [0.25, 0.3) is 0 Å². The van der Waals surface area contributed by atoms with Gasteiger partial charge in [0.2, 0.25) is 6.10 Å². The largest absolute Gasteiger partial charge is 0.504 e. The highest BCUT2D eigenvalue weighted by Crippen LogP contribution is 2.53. The average Bonchev–Trinajstić information content (AvgIpc) is 3.35. The molecule has 0 aromatic heterocycles. The quantitative estimate of drug-likeness (QED) is 0.351. The van der Waals surface area contributed by atoms with Crippen molar-refractivity contribution >= 4 is 27.8 Å². The van der Waals surface area contributed by atoms with Crippen LogP contribution in [0.1, 0.15) is 54.1 Å². The minimum absolute atomic E-state index is 0.0347. The van der Waals surface area contributed by atoms with E-state index in [-0.39, 0.29) is 17.4 Å². The van der Waals surface area contributed by atoms with Gasteiger partial charge in [-0.1, -0.05) is 52.3 Å². The third-order valence-electron chi connectivity index (χ3n) is 7.17. The molecular formula is C30H30BrNO7. The third-order valence-corrected chi connectivity index (χ3v) is 7.62. The van der Waals surface area contributed by atoms with Gasteiger partial charge in [-0.25, -0.2) is 0 Å². The van der Waals surface area contributed by atoms with Gasteiger partial charge in [0.25, 0.3) is 5.91 Å². The molecule has 3 atom stereocenters. The smallest absolute Gasteiger partial charge is 0.318 e. The number of benzene rings is 3. The maximum Gasteiger partial charge on any atom is 0.318 e. The molecule has 9 heteroatoms. The molecule has 2 aliphatic rings. The number of carbonyl (C=O) groups excluding carboxylic acids is 2. The molecule has 2 aliphatic heterocycles. The van der Waals surface area contributed by atoms with Crippen molar-refractivity contribution in [2.45, 2.75) is 37.4 Å². The molecule has 2 heterocycles. The first-order valence-corrected chi connectivity index (χ1v) is 13.7. The van der Waals surface area contributed by atoms with Gasteiger partial charge in [-0.05, 0) is 49.1 Å². The lowest BCUT2D eigenvalue weighted by Gasteiger charge is -2.31. The number of aromatic hydroxyl groups is 1. The predicted molar refractivity (Wildman–Crippen MR) is 147 cm³/mol. The number of fused-ring (bicyclic) bond motifs is 1. The van der Waals surface area contributed by atoms with Crippen LogP contribution in [0.4, 0.5) is 0 Å². The lowest BCUT2D eigenvalue weighted by atomic mass is 9.90. The van der Waals surface area contributed by atoms with Crippen molar-refractivity contribution < 1.29 is 33.6 Å². The number of carbonyl (C=O) groups is 2. The van der Waals surface area contributed by atoms with Crippen molar-refractivity contribution in [3.8, 4) is 23.0 Å². The van der Waals surface area contributed by atoms with E-state index in [1.165, 1.54) is 20.3 Å². The zero-order valence-electron chi connectivity index (χ0n) is 21.8. The Morgan fingerprint density at radius 3 is 2.38 bits per heavy atom. The monoisotopic (exact) mass is 595 g/mol. The van der Waals surface area contributed by atoms with Gasteiger partial charge < -0.3 is 29.0 Å². The molecule has 204 valence electrons. The first-order chi connectivity index (χ1) is 18.9. The summed E-state index contributed by atoms with van der Waals surface area (Å²) in [5.41, 5.74) is 1.77. The summed E-state index contributed by atoms with van der Waals surface area (Å²) in [6.07, 6.45) is 1.01. The summed E-state index contributed by atoms with van der Waals surface area (Å²) in [7, 11) is 2.98. The number of hydrogen-bond acceptors (Lipinski definition) is 7. The van der Waals surface area contributed by atoms with Crippen LogP contribution in [-0.4, -0.2) is 49.2 Å². The second-order valence-corrected chi connectivity index (χ2v) is 10.5. The molecule has 1 amide bonds. The van der Waals surface area contributed by atoms with Crippen molar-refractivity contribution in [2.24, 2.45) is 0 Å². The van der Waals surface area contributed by atoms with E-state index >= 15 is 0 Å². The maximum atomic E-state index is 14.1. The predicted octanol–water partition coefficient (Wildman–Crippen LogP) is 5.69. The van der Waals surface area contributed by atoms with E-state index in [9.17, 15) is 14.7 Å². The highest BCUT2D eigenvalue weighted by atomic mass is 79.9. The average molecular weight is 596 g/mol. The van der Waals surface area contributed by atoms with Crippen LogP contribution in [0.2, 0.25) is 0 Å². The number of esters is 1. The number of likely N-dealkylation sites (tertiary alicyclic amines) is 1. The second-order valence-electron chi connectivity index (χ2n) is 9.59. The molecule has 8 nitrogen and oxygen atoms in total. The van der Waals surface area contributed by atoms with Crippen LogP contribution >= 0.6 is 15.9 Å². The van der Waals surface area contributed by atoms with Crippen molar-refractivity contribution in [3.63, 3.8) is 0 Å². The van der Waals surface area contributed by atoms with Gasteiger partial charge in [0.1, 0.15) is 12.0 Å². The Labute approximate surface area is 235 Å². The second kappa shape index (κ2) is 11.6. The molecule has 0 saturated carbocycles. The lowest BCUT2D eigenvalue weighted by molar-refractivity contribution is -0.163. The number of amides is 1. The molecule has 0 radical (unpaired) electrons. The van der Waals surface area contributed by atoms with Gasteiger partial charge in [-0.3, -0.25) is 9.59 Å². The molecule has 1 fully saturated rings. The van der Waals surface area contributed by atoms with E-state index in [2.05, 4.69) is 15.9 Å². The van der Waals surface area contributed by atoms with Crippen LogP contribution in [0.5, 0.6) is 23.0 Å². The molecule has 5 rings (SSSR count). The minimum atomic E-state index is -1.09. The Balaban J connectivity index is 1.55. The number of piperidine rings is 1. The Morgan fingerprint density at radius 1 is 0.974 bits per heavy atom. The summed E-state index contributed by atoms with van der Waals surface area (Å²) in [5.74, 6) is -0.677. The first-order valence-electron chi connectivity index (χ1n) is 12.9. The van der Waals surface area contributed by atoms with Crippen LogP contribution in [-0.2, 0) is 14.3 Å². The zero-order valence-corrected chi connectivity index (χ0v) is 23.3. The standard InChI is InChI=1S/C30H30BrNO7/c1-36-23-15-19(11-12-22(23)33)26-25(21-16-20(31)17-24(37-2)28(21)38-26)30(35)39-27(18-9-5-3-6-10-18)29(34)32-13-7-4-8-14-32/h3,5-6,9-12,15-17,25-27,33H,4,7-8,13-14H2,1-2H3/t25-,26+,27-/m0/s1. The van der Waals surface area contributed by atoms with Crippen LogP contribution in [0.3, 0.4) is 0 Å². The zero-order chi connectivity index (χ0) is 27.5. The first kappa shape index (κ1) is 26.9. The molecule has 0 spiro atoms. The molecular weight excluding hydrogens is 566 g/mol. The normalized spacial score (nSPS) is 19.0. The molecule has 1 saturated heterocycles. The number of phenolic OH excluding ortho intramolecular Hbond substituents is 1. The summed E-state index contributed by atoms with van der Waals surface area (Å²) >= 11 is 3.50. The highest BCUT2D eigenvalue weighted by Gasteiger charge is 2.45. The third kappa shape index (κ3) is 5.41. The highest BCUT2D eigenvalue weighted by molar-refractivity contribution is 9.10. The fourth-order valence-corrected chi connectivity index (χ4v) is 5.65. The summed E-state index contributed by atoms with van der Waals surface area (Å²) in [6.45, 7) is 1.27. The van der Waals surface area contributed by atoms with Crippen LogP contribution < -0.4 is 14.2 Å². The number of rotatable bonds is 7. The van der Waals surface area contributed by atoms with E-state index in [4.69, 9.17) is 18.9 Å². The number of methoxy groups -OCH3 is 2. The van der Waals surface area contributed by atoms with Gasteiger partial charge in [0, 0.05) is 28.7 Å². The van der Waals surface area contributed by atoms with E-state index in [1.54, 1.807) is 41.3 Å². The Morgan fingerprint density at radius 2 is 1.69 bits per heavy atom. The maximum absolute atomic E-state index is 14.1. The number of nitrogens with zero attached hydrogens (tertiary/aromatic N) is 1. The SMILES string of the molecule is COc1cc([C@H]2Oc3c(OC)cc(Br)cc3[C@@H]2C(=O)O[C@H](C(=O)N2CCCCC2)c2ccccc2)ccc1O. The molecule has 3 aromatic rings. The minimum Gasteiger partial charge on any atom is -0.504 e. The number of ether oxygens (including phenoxy) is 4. The molecule has 39 heavy (non-hydrogen) atoms. The Bertz CT molecular complexity index is 1360. The Hall–Kier alpha value is -3.72. The van der Waals surface area contributed by atoms with Crippen LogP contribution in [0.15, 0.2) is 65.1 Å². The van der Waals surface area contributed by atoms with Crippen molar-refractivity contribution in [1.29, 1.82) is 0 Å². The van der Waals surface area contributed by atoms with Crippen molar-refractivity contribution in [2.75, 3.05) is 27.3 Å². The summed E-state index contributed by atoms with van der Waals surface area (Å²) in [4.78, 5) is 29.5. The molecule has 1 N–H and O–H groups in total. The lowest BCUT2D eigenvalue weighted by Crippen LogP contribution is -2.40. The van der Waals surface area contributed by atoms with Gasteiger partial charge in [0.05, 0.1) is 14.2 Å². The topological polar surface area (TPSA) is 94.5 Å². The van der Waals surface area contributed by atoms with Crippen molar-refractivity contribution in [1.82, 2.24) is 4.90 Å². The van der Waals surface area contributed by atoms with E-state index in [0.29, 0.717) is 45.8 Å². The number of halogens is 1. The van der Waals surface area contributed by atoms with E-state index < -0.39 is 24.1 Å². The van der Waals surface area contributed by atoms with Gasteiger partial charge >= 0.3 is 5.97 Å². The molecule has 0 aliphatic carbocycles. The number of phenols is 1. The van der Waals surface area contributed by atoms with Crippen LogP contribution in [0, 0.1) is 0 Å². The molecule has 3 aromatic carbocycles. The summed E-state index contributed by atoms with van der Waals surface area (Å²) in [5, 5.41) is 10.1. The fraction of sp³-hybridized carbons (Fsp3) is 0.333. The summed E-state index contributed by atoms with van der Waals surface area (Å²) in [6, 6.07) is 17.4. The van der Waals surface area contributed by atoms with E-state index in [0.717, 1.165) is 19.3 Å². The van der Waals surface area contributed by atoms with Gasteiger partial charge in [-0.15, -0.1) is 0 Å².